The molecular formula is C20H17OP. The number of hydrogen-bond donors (Lipinski definition) is 0. The van der Waals surface area contributed by atoms with E-state index >= 15 is 0 Å². The number of benzene rings is 3. The molecule has 0 spiro atoms. The van der Waals surface area contributed by atoms with Crippen molar-refractivity contribution < 1.29 is 4.79 Å². The van der Waals surface area contributed by atoms with Crippen LogP contribution in [0.1, 0.15) is 15.9 Å². The first-order valence-electron chi connectivity index (χ1n) is 7.27. The van der Waals surface area contributed by atoms with Gasteiger partial charge in [0, 0.05) is 5.56 Å². The average Bonchev–Trinajstić information content (AvgIpc) is 2.56. The van der Waals surface area contributed by atoms with Gasteiger partial charge in [0.1, 0.15) is 0 Å². The lowest BCUT2D eigenvalue weighted by Crippen LogP contribution is -2.04. The summed E-state index contributed by atoms with van der Waals surface area (Å²) in [5, 5.41) is 1.08. The second-order valence-electron chi connectivity index (χ2n) is 5.18. The maximum absolute atomic E-state index is 12.8. The zero-order valence-corrected chi connectivity index (χ0v) is 13.4. The summed E-state index contributed by atoms with van der Waals surface area (Å²) in [6.45, 7) is 2.01. The summed E-state index contributed by atoms with van der Waals surface area (Å²) in [6, 6.07) is 26.1. The maximum atomic E-state index is 12.8. The van der Waals surface area contributed by atoms with Gasteiger partial charge < -0.3 is 0 Å². The van der Waals surface area contributed by atoms with Crippen molar-refractivity contribution in [3.05, 3.63) is 90.0 Å². The molecular weight excluding hydrogens is 287 g/mol. The molecule has 3 aromatic carbocycles. The third-order valence-corrected chi connectivity index (χ3v) is 4.72. The van der Waals surface area contributed by atoms with Crippen LogP contribution >= 0.6 is 8.58 Å². The molecule has 22 heavy (non-hydrogen) atoms. The van der Waals surface area contributed by atoms with Crippen molar-refractivity contribution in [1.82, 2.24) is 0 Å². The van der Waals surface area contributed by atoms with Gasteiger partial charge in [-0.3, -0.25) is 4.79 Å². The Morgan fingerprint density at radius 2 is 1.41 bits per heavy atom. The van der Waals surface area contributed by atoms with Crippen molar-refractivity contribution in [2.75, 3.05) is 0 Å². The molecule has 0 radical (unpaired) electrons. The molecule has 0 aliphatic heterocycles. The van der Waals surface area contributed by atoms with Gasteiger partial charge in [-0.15, -0.1) is 0 Å². The lowest BCUT2D eigenvalue weighted by Gasteiger charge is -2.12. The molecule has 0 aliphatic carbocycles. The molecule has 1 nitrogen and oxygen atoms in total. The Kier molecular flexibility index (Phi) is 4.46. The van der Waals surface area contributed by atoms with Crippen LogP contribution in [0.4, 0.5) is 0 Å². The van der Waals surface area contributed by atoms with Crippen LogP contribution in [-0.2, 0) is 0 Å². The van der Waals surface area contributed by atoms with Crippen LogP contribution in [0.15, 0.2) is 78.9 Å². The van der Waals surface area contributed by atoms with Gasteiger partial charge in [-0.25, -0.2) is 0 Å². The summed E-state index contributed by atoms with van der Waals surface area (Å²) in [5.41, 5.74) is 4.19. The summed E-state index contributed by atoms with van der Waals surface area (Å²) in [5.74, 6) is 0. The summed E-state index contributed by atoms with van der Waals surface area (Å²) >= 11 is 0. The number of hydrogen-bond acceptors (Lipinski definition) is 1. The van der Waals surface area contributed by atoms with E-state index in [1.807, 2.05) is 73.7 Å². The second-order valence-corrected chi connectivity index (χ2v) is 6.47. The third-order valence-electron chi connectivity index (χ3n) is 3.62. The Morgan fingerprint density at radius 1 is 0.773 bits per heavy atom. The standard InChI is InChI=1S/C20H17OP/c1-15-9-8-14-18(16-10-4-2-5-11-16)19(15)20(21)22-17-12-6-3-7-13-17/h2-14,22H,1H3. The van der Waals surface area contributed by atoms with E-state index in [2.05, 4.69) is 12.1 Å². The maximum Gasteiger partial charge on any atom is 0.186 e. The van der Waals surface area contributed by atoms with E-state index in [0.717, 1.165) is 27.6 Å². The highest BCUT2D eigenvalue weighted by molar-refractivity contribution is 7.66. The summed E-state index contributed by atoms with van der Waals surface area (Å²) < 4.78 is 0. The minimum absolute atomic E-state index is 0.154. The quantitative estimate of drug-likeness (QED) is 0.632. The summed E-state index contributed by atoms with van der Waals surface area (Å²) in [4.78, 5) is 12.8. The molecule has 0 heterocycles. The molecule has 3 aromatic rings. The first-order chi connectivity index (χ1) is 10.8. The smallest absolute Gasteiger partial charge is 0.186 e. The summed E-state index contributed by atoms with van der Waals surface area (Å²) in [6.07, 6.45) is 0. The lowest BCUT2D eigenvalue weighted by atomic mass is 9.97. The van der Waals surface area contributed by atoms with Gasteiger partial charge >= 0.3 is 0 Å². The van der Waals surface area contributed by atoms with Crippen molar-refractivity contribution in [3.63, 3.8) is 0 Å². The zero-order chi connectivity index (χ0) is 15.4. The van der Waals surface area contributed by atoms with Crippen molar-refractivity contribution in [1.29, 1.82) is 0 Å². The molecule has 3 rings (SSSR count). The molecule has 0 aromatic heterocycles. The van der Waals surface area contributed by atoms with Gasteiger partial charge in [-0.1, -0.05) is 78.9 Å². The monoisotopic (exact) mass is 304 g/mol. The van der Waals surface area contributed by atoms with E-state index in [4.69, 9.17) is 0 Å². The van der Waals surface area contributed by atoms with Crippen molar-refractivity contribution >= 4 is 19.4 Å². The molecule has 0 saturated carbocycles. The van der Waals surface area contributed by atoms with Gasteiger partial charge in [0.2, 0.25) is 0 Å². The molecule has 2 heteroatoms. The van der Waals surface area contributed by atoms with Crippen molar-refractivity contribution in [3.8, 4) is 11.1 Å². The highest BCUT2D eigenvalue weighted by Crippen LogP contribution is 2.31. The Morgan fingerprint density at radius 3 is 2.09 bits per heavy atom. The minimum atomic E-state index is 0.154. The molecule has 1 unspecified atom stereocenters. The van der Waals surface area contributed by atoms with Gasteiger partial charge in [-0.2, -0.15) is 0 Å². The Hall–Kier alpha value is -2.24. The average molecular weight is 304 g/mol. The van der Waals surface area contributed by atoms with E-state index in [1.165, 1.54) is 0 Å². The minimum Gasteiger partial charge on any atom is -0.289 e. The largest absolute Gasteiger partial charge is 0.289 e. The van der Waals surface area contributed by atoms with Gasteiger partial charge in [-0.05, 0) is 37.5 Å². The third kappa shape index (κ3) is 3.16. The van der Waals surface area contributed by atoms with Crippen molar-refractivity contribution in [2.24, 2.45) is 0 Å². The topological polar surface area (TPSA) is 17.1 Å². The Balaban J connectivity index is 2.01. The molecule has 0 saturated heterocycles. The molecule has 0 N–H and O–H groups in total. The SMILES string of the molecule is Cc1cccc(-c2ccccc2)c1C(=O)Pc1ccccc1. The fourth-order valence-electron chi connectivity index (χ4n) is 2.54. The highest BCUT2D eigenvalue weighted by atomic mass is 31.1. The van der Waals surface area contributed by atoms with Crippen LogP contribution in [-0.4, -0.2) is 5.52 Å². The van der Waals surface area contributed by atoms with E-state index < -0.39 is 0 Å². The molecule has 1 atom stereocenters. The number of aryl methyl sites for hydroxylation is 1. The number of carbonyl (C=O) groups is 1. The molecule has 0 aliphatic rings. The normalized spacial score (nSPS) is 11.0. The van der Waals surface area contributed by atoms with Crippen LogP contribution in [0, 0.1) is 6.92 Å². The fourth-order valence-corrected chi connectivity index (χ4v) is 3.62. The van der Waals surface area contributed by atoms with Crippen LogP contribution < -0.4 is 5.30 Å². The first kappa shape index (κ1) is 14.7. The van der Waals surface area contributed by atoms with E-state index in [1.54, 1.807) is 0 Å². The van der Waals surface area contributed by atoms with E-state index in [-0.39, 0.29) is 14.1 Å². The highest BCUT2D eigenvalue weighted by Gasteiger charge is 2.15. The number of carbonyl (C=O) groups excluding carboxylic acids is 1. The molecule has 0 amide bonds. The molecule has 108 valence electrons. The number of rotatable bonds is 4. The van der Waals surface area contributed by atoms with Gasteiger partial charge in [0.25, 0.3) is 0 Å². The van der Waals surface area contributed by atoms with E-state index in [0.29, 0.717) is 0 Å². The van der Waals surface area contributed by atoms with Crippen LogP contribution in [0.25, 0.3) is 11.1 Å². The van der Waals surface area contributed by atoms with Gasteiger partial charge in [0.15, 0.2) is 5.52 Å². The Bertz CT molecular complexity index is 779. The van der Waals surface area contributed by atoms with Crippen LogP contribution in [0.2, 0.25) is 0 Å². The zero-order valence-electron chi connectivity index (χ0n) is 12.4. The summed E-state index contributed by atoms with van der Waals surface area (Å²) in [7, 11) is 0.154. The molecule has 0 bridgehead atoms. The fraction of sp³-hybridized carbons (Fsp3) is 0.0500. The van der Waals surface area contributed by atoms with Crippen LogP contribution in [0.5, 0.6) is 0 Å². The van der Waals surface area contributed by atoms with E-state index in [9.17, 15) is 4.79 Å². The lowest BCUT2D eigenvalue weighted by molar-refractivity contribution is 0.108. The molecule has 0 fully saturated rings. The van der Waals surface area contributed by atoms with Crippen molar-refractivity contribution in [2.45, 2.75) is 6.92 Å². The Labute approximate surface area is 132 Å². The van der Waals surface area contributed by atoms with Crippen LogP contribution in [0.3, 0.4) is 0 Å². The second kappa shape index (κ2) is 6.68. The predicted molar refractivity (Wildman–Crippen MR) is 95.3 cm³/mol. The van der Waals surface area contributed by atoms with Gasteiger partial charge in [0.05, 0.1) is 0 Å². The first-order valence-corrected chi connectivity index (χ1v) is 8.27. The predicted octanol–water partition coefficient (Wildman–Crippen LogP) is 4.81.